The van der Waals surface area contributed by atoms with Gasteiger partial charge in [-0.1, -0.05) is 49.7 Å². The number of carbonyl (C=O) groups is 2. The molecule has 0 aliphatic heterocycles. The Morgan fingerprint density at radius 1 is 1.00 bits per heavy atom. The van der Waals surface area contributed by atoms with Crippen LogP contribution in [0.4, 0.5) is 5.69 Å². The number of hydrogen-bond acceptors (Lipinski definition) is 2. The second kappa shape index (κ2) is 7.42. The summed E-state index contributed by atoms with van der Waals surface area (Å²) in [5.41, 5.74) is 1.96. The molecule has 0 aromatic heterocycles. The number of halogens is 1. The van der Waals surface area contributed by atoms with Gasteiger partial charge in [0.05, 0.1) is 11.6 Å². The van der Waals surface area contributed by atoms with Crippen LogP contribution in [-0.4, -0.2) is 11.7 Å². The summed E-state index contributed by atoms with van der Waals surface area (Å²) in [5.74, 6) is -0.405. The van der Waals surface area contributed by atoms with Crippen molar-refractivity contribution in [2.45, 2.75) is 26.7 Å². The average molecular weight is 330 g/mol. The number of amides is 1. The van der Waals surface area contributed by atoms with Gasteiger partial charge in [0.15, 0.2) is 5.78 Å². The summed E-state index contributed by atoms with van der Waals surface area (Å²) in [4.78, 5) is 24.5. The Hall–Kier alpha value is -2.13. The zero-order valence-electron chi connectivity index (χ0n) is 13.5. The number of benzene rings is 2. The topological polar surface area (TPSA) is 46.2 Å². The van der Waals surface area contributed by atoms with E-state index >= 15 is 0 Å². The predicted octanol–water partition coefficient (Wildman–Crippen LogP) is 4.92. The van der Waals surface area contributed by atoms with E-state index in [-0.39, 0.29) is 23.5 Å². The Labute approximate surface area is 141 Å². The first-order valence-corrected chi connectivity index (χ1v) is 7.94. The summed E-state index contributed by atoms with van der Waals surface area (Å²) in [6, 6.07) is 14.3. The summed E-state index contributed by atoms with van der Waals surface area (Å²) in [5, 5.41) is 3.53. The van der Waals surface area contributed by atoms with E-state index in [1.165, 1.54) is 6.92 Å². The maximum atomic E-state index is 12.8. The quantitative estimate of drug-likeness (QED) is 0.791. The Balaban J connectivity index is 2.30. The second-order valence-electron chi connectivity index (χ2n) is 5.86. The Bertz CT molecular complexity index is 708. The highest BCUT2D eigenvalue weighted by Crippen LogP contribution is 2.28. The summed E-state index contributed by atoms with van der Waals surface area (Å²) in [6.07, 6.45) is 0. The van der Waals surface area contributed by atoms with E-state index in [2.05, 4.69) is 5.32 Å². The molecule has 0 radical (unpaired) electrons. The van der Waals surface area contributed by atoms with Crippen molar-refractivity contribution in [1.29, 1.82) is 0 Å². The molecule has 3 nitrogen and oxygen atoms in total. The van der Waals surface area contributed by atoms with Crippen molar-refractivity contribution in [2.24, 2.45) is 5.92 Å². The molecule has 0 bridgehead atoms. The zero-order chi connectivity index (χ0) is 17.0. The Morgan fingerprint density at radius 3 is 2.17 bits per heavy atom. The predicted molar refractivity (Wildman–Crippen MR) is 94.1 cm³/mol. The molecule has 120 valence electrons. The van der Waals surface area contributed by atoms with Crippen LogP contribution in [0.25, 0.3) is 0 Å². The molecule has 0 saturated heterocycles. The normalized spacial score (nSPS) is 12.0. The fourth-order valence-corrected chi connectivity index (χ4v) is 2.74. The highest BCUT2D eigenvalue weighted by atomic mass is 35.5. The standard InChI is InChI=1S/C19H20ClNO2/c1-12(2)18(14-8-10-15(20)11-9-14)19(23)21-17-7-5-4-6-16(17)13(3)22/h4-12,18H,1-3H3,(H,21,23). The number of Topliss-reactive ketones (excluding diaryl/α,β-unsaturated/α-hetero) is 1. The summed E-state index contributed by atoms with van der Waals surface area (Å²) < 4.78 is 0. The van der Waals surface area contributed by atoms with Gasteiger partial charge in [-0.2, -0.15) is 0 Å². The lowest BCUT2D eigenvalue weighted by atomic mass is 9.87. The van der Waals surface area contributed by atoms with Crippen LogP contribution >= 0.6 is 11.6 Å². The number of nitrogens with one attached hydrogen (secondary N) is 1. The van der Waals surface area contributed by atoms with E-state index in [9.17, 15) is 9.59 Å². The maximum Gasteiger partial charge on any atom is 0.232 e. The van der Waals surface area contributed by atoms with Crippen LogP contribution in [-0.2, 0) is 4.79 Å². The average Bonchev–Trinajstić information content (AvgIpc) is 2.49. The third kappa shape index (κ3) is 4.20. The van der Waals surface area contributed by atoms with Crippen LogP contribution in [0.1, 0.15) is 42.6 Å². The largest absolute Gasteiger partial charge is 0.325 e. The van der Waals surface area contributed by atoms with Crippen LogP contribution in [0.2, 0.25) is 5.02 Å². The van der Waals surface area contributed by atoms with Crippen LogP contribution in [0, 0.1) is 5.92 Å². The number of ketones is 1. The second-order valence-corrected chi connectivity index (χ2v) is 6.30. The molecular weight excluding hydrogens is 310 g/mol. The van der Waals surface area contributed by atoms with Crippen LogP contribution in [0.3, 0.4) is 0 Å². The van der Waals surface area contributed by atoms with Crippen molar-refractivity contribution in [3.8, 4) is 0 Å². The number of anilines is 1. The van der Waals surface area contributed by atoms with E-state index in [1.807, 2.05) is 26.0 Å². The van der Waals surface area contributed by atoms with Gasteiger partial charge in [-0.25, -0.2) is 0 Å². The van der Waals surface area contributed by atoms with Gasteiger partial charge in [0.2, 0.25) is 5.91 Å². The fourth-order valence-electron chi connectivity index (χ4n) is 2.62. The highest BCUT2D eigenvalue weighted by molar-refractivity contribution is 6.30. The molecule has 1 atom stereocenters. The first kappa shape index (κ1) is 17.2. The minimum atomic E-state index is -0.313. The summed E-state index contributed by atoms with van der Waals surface area (Å²) >= 11 is 5.92. The molecular formula is C19H20ClNO2. The number of rotatable bonds is 5. The van der Waals surface area contributed by atoms with Crippen LogP contribution in [0.15, 0.2) is 48.5 Å². The lowest BCUT2D eigenvalue weighted by Gasteiger charge is -2.21. The SMILES string of the molecule is CC(=O)c1ccccc1NC(=O)C(c1ccc(Cl)cc1)C(C)C. The molecule has 0 saturated carbocycles. The third-order valence-corrected chi connectivity index (χ3v) is 3.99. The molecule has 0 aliphatic carbocycles. The van der Waals surface area contributed by atoms with Crippen molar-refractivity contribution < 1.29 is 9.59 Å². The molecule has 1 amide bonds. The van der Waals surface area contributed by atoms with E-state index in [0.717, 1.165) is 5.56 Å². The molecule has 0 heterocycles. The van der Waals surface area contributed by atoms with Crippen molar-refractivity contribution in [1.82, 2.24) is 0 Å². The Kier molecular flexibility index (Phi) is 5.56. The van der Waals surface area contributed by atoms with E-state index < -0.39 is 0 Å². The summed E-state index contributed by atoms with van der Waals surface area (Å²) in [6.45, 7) is 5.48. The van der Waals surface area contributed by atoms with Gasteiger partial charge in [0.1, 0.15) is 0 Å². The van der Waals surface area contributed by atoms with E-state index in [1.54, 1.807) is 36.4 Å². The lowest BCUT2D eigenvalue weighted by Crippen LogP contribution is -2.25. The van der Waals surface area contributed by atoms with Crippen LogP contribution < -0.4 is 5.32 Å². The van der Waals surface area contributed by atoms with Gasteiger partial charge in [-0.15, -0.1) is 0 Å². The number of carbonyl (C=O) groups excluding carboxylic acids is 2. The van der Waals surface area contributed by atoms with Crippen molar-refractivity contribution >= 4 is 29.0 Å². The van der Waals surface area contributed by atoms with Gasteiger partial charge in [-0.05, 0) is 42.7 Å². The molecule has 0 fully saturated rings. The lowest BCUT2D eigenvalue weighted by molar-refractivity contribution is -0.118. The minimum Gasteiger partial charge on any atom is -0.325 e. The molecule has 2 aromatic rings. The van der Waals surface area contributed by atoms with Gasteiger partial charge < -0.3 is 5.32 Å². The van der Waals surface area contributed by atoms with E-state index in [4.69, 9.17) is 11.6 Å². The Morgan fingerprint density at radius 2 is 1.61 bits per heavy atom. The van der Waals surface area contributed by atoms with Gasteiger partial charge in [-0.3, -0.25) is 9.59 Å². The fraction of sp³-hybridized carbons (Fsp3) is 0.263. The van der Waals surface area contributed by atoms with Crippen molar-refractivity contribution in [2.75, 3.05) is 5.32 Å². The van der Waals surface area contributed by atoms with E-state index in [0.29, 0.717) is 16.3 Å². The molecule has 4 heteroatoms. The minimum absolute atomic E-state index is 0.0755. The van der Waals surface area contributed by atoms with Crippen LogP contribution in [0.5, 0.6) is 0 Å². The molecule has 23 heavy (non-hydrogen) atoms. The van der Waals surface area contributed by atoms with Gasteiger partial charge in [0, 0.05) is 10.6 Å². The maximum absolute atomic E-state index is 12.8. The zero-order valence-corrected chi connectivity index (χ0v) is 14.2. The molecule has 1 N–H and O–H groups in total. The first-order chi connectivity index (χ1) is 10.9. The van der Waals surface area contributed by atoms with Crippen molar-refractivity contribution in [3.63, 3.8) is 0 Å². The number of hydrogen-bond donors (Lipinski definition) is 1. The molecule has 0 spiro atoms. The molecule has 2 aromatic carbocycles. The van der Waals surface area contributed by atoms with Crippen molar-refractivity contribution in [3.05, 3.63) is 64.7 Å². The molecule has 0 aliphatic rings. The smallest absolute Gasteiger partial charge is 0.232 e. The molecule has 1 unspecified atom stereocenters. The van der Waals surface area contributed by atoms with Gasteiger partial charge in [0.25, 0.3) is 0 Å². The first-order valence-electron chi connectivity index (χ1n) is 7.56. The third-order valence-electron chi connectivity index (χ3n) is 3.74. The monoisotopic (exact) mass is 329 g/mol. The van der Waals surface area contributed by atoms with Gasteiger partial charge >= 0.3 is 0 Å². The number of para-hydroxylation sites is 1. The molecule has 2 rings (SSSR count). The highest BCUT2D eigenvalue weighted by Gasteiger charge is 2.25. The summed E-state index contributed by atoms with van der Waals surface area (Å²) in [7, 11) is 0.